The number of anilines is 2. The van der Waals surface area contributed by atoms with Gasteiger partial charge in [-0.15, -0.1) is 0 Å². The summed E-state index contributed by atoms with van der Waals surface area (Å²) < 4.78 is 5.66. The molecular weight excluding hydrogens is 372 g/mol. The molecule has 0 spiro atoms. The topological polar surface area (TPSA) is 114 Å². The van der Waals surface area contributed by atoms with Crippen molar-refractivity contribution in [1.82, 2.24) is 14.9 Å². The third kappa shape index (κ3) is 5.13. The standard InChI is InChI=1S/C20H26N6O3/c1-13(2)29-17-12-15(4-5-16(17)19(21)27)24-20(28)26-10-8-25(9-11-26)18-6-7-22-14(3)23-18/h4-7,12-13H,8-11H2,1-3H3,(H2,21,27)(H,24,28). The molecule has 1 aliphatic heterocycles. The van der Waals surface area contributed by atoms with Crippen LogP contribution >= 0.6 is 0 Å². The Bertz CT molecular complexity index is 894. The van der Waals surface area contributed by atoms with Crippen molar-refractivity contribution in [2.24, 2.45) is 5.73 Å². The average Bonchev–Trinajstić information content (AvgIpc) is 2.67. The van der Waals surface area contributed by atoms with Gasteiger partial charge < -0.3 is 25.6 Å². The van der Waals surface area contributed by atoms with Crippen LogP contribution in [0.15, 0.2) is 30.5 Å². The van der Waals surface area contributed by atoms with E-state index in [-0.39, 0.29) is 17.7 Å². The van der Waals surface area contributed by atoms with Crippen molar-refractivity contribution in [3.63, 3.8) is 0 Å². The number of nitrogens with one attached hydrogen (secondary N) is 1. The highest BCUT2D eigenvalue weighted by Gasteiger charge is 2.22. The lowest BCUT2D eigenvalue weighted by molar-refractivity contribution is 0.0994. The molecule has 1 saturated heterocycles. The Hall–Kier alpha value is -3.36. The largest absolute Gasteiger partial charge is 0.490 e. The molecule has 0 atom stereocenters. The van der Waals surface area contributed by atoms with Crippen LogP contribution in [0.2, 0.25) is 0 Å². The fourth-order valence-corrected chi connectivity index (χ4v) is 3.12. The van der Waals surface area contributed by atoms with E-state index in [0.717, 1.165) is 11.6 Å². The molecular formula is C20H26N6O3. The van der Waals surface area contributed by atoms with Crippen LogP contribution in [0.3, 0.4) is 0 Å². The van der Waals surface area contributed by atoms with Gasteiger partial charge in [0.1, 0.15) is 17.4 Å². The van der Waals surface area contributed by atoms with Gasteiger partial charge in [0.15, 0.2) is 0 Å². The SMILES string of the molecule is Cc1nccc(N2CCN(C(=O)Nc3ccc(C(N)=O)c(OC(C)C)c3)CC2)n1. The van der Waals surface area contributed by atoms with Gasteiger partial charge in [0, 0.05) is 44.1 Å². The number of aromatic nitrogens is 2. The number of rotatable bonds is 5. The van der Waals surface area contributed by atoms with Crippen molar-refractivity contribution in [2.75, 3.05) is 36.4 Å². The number of nitrogens with zero attached hydrogens (tertiary/aromatic N) is 4. The first-order chi connectivity index (χ1) is 13.8. The van der Waals surface area contributed by atoms with E-state index in [2.05, 4.69) is 20.2 Å². The van der Waals surface area contributed by atoms with Crippen molar-refractivity contribution in [2.45, 2.75) is 26.9 Å². The molecule has 0 unspecified atom stereocenters. The molecule has 3 N–H and O–H groups in total. The molecule has 1 aromatic heterocycles. The molecule has 0 saturated carbocycles. The van der Waals surface area contributed by atoms with E-state index in [1.165, 1.54) is 0 Å². The van der Waals surface area contributed by atoms with E-state index >= 15 is 0 Å². The summed E-state index contributed by atoms with van der Waals surface area (Å²) in [7, 11) is 0. The van der Waals surface area contributed by atoms with Gasteiger partial charge in [0.05, 0.1) is 11.7 Å². The number of carbonyl (C=O) groups is 2. The van der Waals surface area contributed by atoms with Crippen LogP contribution in [0.5, 0.6) is 5.75 Å². The Morgan fingerprint density at radius 1 is 1.17 bits per heavy atom. The Labute approximate surface area is 169 Å². The number of urea groups is 1. The van der Waals surface area contributed by atoms with Crippen LogP contribution in [0, 0.1) is 6.92 Å². The fraction of sp³-hybridized carbons (Fsp3) is 0.400. The number of nitrogens with two attached hydrogens (primary N) is 1. The van der Waals surface area contributed by atoms with Gasteiger partial charge in [0.2, 0.25) is 0 Å². The van der Waals surface area contributed by atoms with Crippen molar-refractivity contribution in [3.05, 3.63) is 41.9 Å². The minimum absolute atomic E-state index is 0.127. The second kappa shape index (κ2) is 8.76. The highest BCUT2D eigenvalue weighted by molar-refractivity contribution is 5.97. The molecule has 1 fully saturated rings. The quantitative estimate of drug-likeness (QED) is 0.797. The van der Waals surface area contributed by atoms with Gasteiger partial charge in [-0.2, -0.15) is 0 Å². The van der Waals surface area contributed by atoms with E-state index in [1.54, 1.807) is 29.3 Å². The van der Waals surface area contributed by atoms with E-state index in [4.69, 9.17) is 10.5 Å². The van der Waals surface area contributed by atoms with Crippen molar-refractivity contribution in [3.8, 4) is 5.75 Å². The zero-order valence-electron chi connectivity index (χ0n) is 16.9. The van der Waals surface area contributed by atoms with E-state index in [1.807, 2.05) is 26.8 Å². The molecule has 1 aliphatic rings. The summed E-state index contributed by atoms with van der Waals surface area (Å²) >= 11 is 0. The second-order valence-corrected chi connectivity index (χ2v) is 7.11. The molecule has 29 heavy (non-hydrogen) atoms. The third-order valence-electron chi connectivity index (χ3n) is 4.51. The predicted octanol–water partition coefficient (Wildman–Crippen LogP) is 2.03. The minimum atomic E-state index is -0.574. The number of benzene rings is 1. The summed E-state index contributed by atoms with van der Waals surface area (Å²) in [6, 6.07) is 6.50. The molecule has 3 amide bonds. The average molecular weight is 398 g/mol. The van der Waals surface area contributed by atoms with Crippen molar-refractivity contribution in [1.29, 1.82) is 0 Å². The van der Waals surface area contributed by atoms with Crippen LogP contribution in [0.1, 0.15) is 30.0 Å². The smallest absolute Gasteiger partial charge is 0.321 e. The van der Waals surface area contributed by atoms with Gasteiger partial charge in [-0.05, 0) is 39.0 Å². The minimum Gasteiger partial charge on any atom is -0.490 e. The van der Waals surface area contributed by atoms with Gasteiger partial charge in [-0.25, -0.2) is 14.8 Å². The first-order valence-electron chi connectivity index (χ1n) is 9.54. The fourth-order valence-electron chi connectivity index (χ4n) is 3.12. The number of carbonyl (C=O) groups excluding carboxylic acids is 2. The molecule has 0 radical (unpaired) electrons. The highest BCUT2D eigenvalue weighted by Crippen LogP contribution is 2.25. The summed E-state index contributed by atoms with van der Waals surface area (Å²) in [4.78, 5) is 36.7. The molecule has 3 rings (SSSR count). The van der Waals surface area contributed by atoms with Crippen LogP contribution < -0.4 is 20.7 Å². The summed E-state index contributed by atoms with van der Waals surface area (Å²) in [6.45, 7) is 8.09. The van der Waals surface area contributed by atoms with Crippen molar-refractivity contribution < 1.29 is 14.3 Å². The van der Waals surface area contributed by atoms with Crippen LogP contribution in [0.25, 0.3) is 0 Å². The van der Waals surface area contributed by atoms with Crippen LogP contribution in [0.4, 0.5) is 16.3 Å². The molecule has 0 aliphatic carbocycles. The zero-order valence-corrected chi connectivity index (χ0v) is 16.9. The molecule has 9 heteroatoms. The number of hydrogen-bond acceptors (Lipinski definition) is 6. The maximum atomic E-state index is 12.7. The molecule has 9 nitrogen and oxygen atoms in total. The van der Waals surface area contributed by atoms with Crippen molar-refractivity contribution >= 4 is 23.4 Å². The molecule has 2 heterocycles. The summed E-state index contributed by atoms with van der Waals surface area (Å²) in [5.41, 5.74) is 6.23. The van der Waals surface area contributed by atoms with E-state index in [9.17, 15) is 9.59 Å². The maximum absolute atomic E-state index is 12.7. The van der Waals surface area contributed by atoms with Gasteiger partial charge in [-0.3, -0.25) is 4.79 Å². The second-order valence-electron chi connectivity index (χ2n) is 7.11. The predicted molar refractivity (Wildman–Crippen MR) is 110 cm³/mol. The van der Waals surface area contributed by atoms with E-state index in [0.29, 0.717) is 37.6 Å². The lowest BCUT2D eigenvalue weighted by Gasteiger charge is -2.35. The molecule has 0 bridgehead atoms. The summed E-state index contributed by atoms with van der Waals surface area (Å²) in [5.74, 6) is 1.38. The van der Waals surface area contributed by atoms with Gasteiger partial charge in [-0.1, -0.05) is 0 Å². The maximum Gasteiger partial charge on any atom is 0.321 e. The highest BCUT2D eigenvalue weighted by atomic mass is 16.5. The number of aryl methyl sites for hydroxylation is 1. The van der Waals surface area contributed by atoms with Gasteiger partial charge >= 0.3 is 6.03 Å². The number of primary amides is 1. The summed E-state index contributed by atoms with van der Waals surface area (Å²) in [5, 5.41) is 2.87. The first-order valence-corrected chi connectivity index (χ1v) is 9.54. The normalized spacial score (nSPS) is 14.1. The monoisotopic (exact) mass is 398 g/mol. The Morgan fingerprint density at radius 3 is 2.52 bits per heavy atom. The Balaban J connectivity index is 1.63. The summed E-state index contributed by atoms with van der Waals surface area (Å²) in [6.07, 6.45) is 1.61. The third-order valence-corrected chi connectivity index (χ3v) is 4.51. The number of amides is 3. The van der Waals surface area contributed by atoms with Crippen LogP contribution in [-0.2, 0) is 0 Å². The Kier molecular flexibility index (Phi) is 6.16. The Morgan fingerprint density at radius 2 is 1.90 bits per heavy atom. The molecule has 154 valence electrons. The lowest BCUT2D eigenvalue weighted by Crippen LogP contribution is -2.50. The number of piperazine rings is 1. The van der Waals surface area contributed by atoms with Gasteiger partial charge in [0.25, 0.3) is 5.91 Å². The zero-order chi connectivity index (χ0) is 21.0. The molecule has 1 aromatic carbocycles. The van der Waals surface area contributed by atoms with Crippen LogP contribution in [-0.4, -0.2) is 59.1 Å². The van der Waals surface area contributed by atoms with E-state index < -0.39 is 5.91 Å². The molecule has 2 aromatic rings. The number of ether oxygens (including phenoxy) is 1. The lowest BCUT2D eigenvalue weighted by atomic mass is 10.1. The first kappa shape index (κ1) is 20.4. The number of hydrogen-bond donors (Lipinski definition) is 2.